The molecule has 0 spiro atoms. The highest BCUT2D eigenvalue weighted by Gasteiger charge is 2.26. The van der Waals surface area contributed by atoms with Crippen molar-refractivity contribution in [2.75, 3.05) is 86.2 Å². The van der Waals surface area contributed by atoms with E-state index in [2.05, 4.69) is 9.80 Å². The molecule has 1 saturated heterocycles. The number of aliphatic carboxylic acids is 1. The fourth-order valence-electron chi connectivity index (χ4n) is 2.95. The van der Waals surface area contributed by atoms with E-state index >= 15 is 0 Å². The van der Waals surface area contributed by atoms with Crippen molar-refractivity contribution in [3.63, 3.8) is 0 Å². The Labute approximate surface area is 150 Å². The summed E-state index contributed by atoms with van der Waals surface area (Å²) in [5.74, 6) is -0.866. The lowest BCUT2D eigenvalue weighted by atomic mass is 10.1. The van der Waals surface area contributed by atoms with Crippen LogP contribution in [0.3, 0.4) is 0 Å². The molecule has 0 saturated carbocycles. The summed E-state index contributed by atoms with van der Waals surface area (Å²) >= 11 is 0. The summed E-state index contributed by atoms with van der Waals surface area (Å²) in [6.45, 7) is 4.94. The third-order valence-electron chi connectivity index (χ3n) is 4.78. The molecule has 1 heterocycles. The summed E-state index contributed by atoms with van der Waals surface area (Å²) in [5, 5.41) is 38.0. The van der Waals surface area contributed by atoms with Gasteiger partial charge in [0, 0.05) is 52.4 Å². The Morgan fingerprint density at radius 3 is 1.88 bits per heavy atom. The maximum atomic E-state index is 11.1. The predicted octanol–water partition coefficient (Wildman–Crippen LogP) is -2.73. The summed E-state index contributed by atoms with van der Waals surface area (Å²) in [7, 11) is 4.06. The molecule has 0 aromatic rings. The number of hydrogen-bond donors (Lipinski definition) is 4. The highest BCUT2D eigenvalue weighted by molar-refractivity contribution is 5.69. The van der Waals surface area contributed by atoms with Crippen molar-refractivity contribution in [3.05, 3.63) is 0 Å². The third kappa shape index (κ3) is 8.41. The van der Waals surface area contributed by atoms with Crippen molar-refractivity contribution in [1.29, 1.82) is 0 Å². The molecule has 0 aliphatic carbocycles. The van der Waals surface area contributed by atoms with Crippen molar-refractivity contribution in [1.82, 2.24) is 19.6 Å². The second-order valence-electron chi connectivity index (χ2n) is 6.81. The van der Waals surface area contributed by atoms with Crippen molar-refractivity contribution < 1.29 is 25.2 Å². The van der Waals surface area contributed by atoms with Crippen LogP contribution in [0.1, 0.15) is 0 Å². The minimum absolute atomic E-state index is 0.0338. The van der Waals surface area contributed by atoms with Crippen molar-refractivity contribution in [2.24, 2.45) is 0 Å². The van der Waals surface area contributed by atoms with E-state index in [0.717, 1.165) is 26.2 Å². The van der Waals surface area contributed by atoms with E-state index in [9.17, 15) is 20.1 Å². The number of carbonyl (C=O) groups is 1. The van der Waals surface area contributed by atoms with Crippen LogP contribution in [0.5, 0.6) is 0 Å². The number of likely N-dealkylation sites (N-methyl/N-ethyl adjacent to an activating group) is 2. The van der Waals surface area contributed by atoms with Crippen molar-refractivity contribution in [2.45, 2.75) is 12.1 Å². The molecule has 2 atom stereocenters. The second-order valence-corrected chi connectivity index (χ2v) is 6.81. The molecule has 148 valence electrons. The SMILES string of the molecule is CN1CCN(C)CCN(C(CO)C(O)CO)CCN(CC(=O)O)CC1. The number of carboxylic acid groups (broad SMARTS) is 1. The molecule has 1 aliphatic heterocycles. The lowest BCUT2D eigenvalue weighted by Gasteiger charge is -2.36. The maximum absolute atomic E-state index is 11.1. The van der Waals surface area contributed by atoms with E-state index in [-0.39, 0.29) is 13.2 Å². The molecule has 1 aliphatic rings. The van der Waals surface area contributed by atoms with Gasteiger partial charge in [0.2, 0.25) is 0 Å². The number of aliphatic hydroxyl groups is 3. The second kappa shape index (κ2) is 11.7. The lowest BCUT2D eigenvalue weighted by Crippen LogP contribution is -2.53. The van der Waals surface area contributed by atoms with Gasteiger partial charge in [-0.3, -0.25) is 14.6 Å². The van der Waals surface area contributed by atoms with Gasteiger partial charge in [0.1, 0.15) is 0 Å². The van der Waals surface area contributed by atoms with Crippen LogP contribution in [-0.4, -0.2) is 144 Å². The van der Waals surface area contributed by atoms with Gasteiger partial charge >= 0.3 is 5.97 Å². The topological polar surface area (TPSA) is 111 Å². The first-order valence-corrected chi connectivity index (χ1v) is 8.82. The van der Waals surface area contributed by atoms with Crippen LogP contribution in [0.2, 0.25) is 0 Å². The van der Waals surface area contributed by atoms with Crippen LogP contribution in [0.15, 0.2) is 0 Å². The summed E-state index contributed by atoms with van der Waals surface area (Å²) < 4.78 is 0. The van der Waals surface area contributed by atoms with Gasteiger partial charge in [0.15, 0.2) is 0 Å². The zero-order chi connectivity index (χ0) is 18.8. The Morgan fingerprint density at radius 2 is 1.36 bits per heavy atom. The number of hydrogen-bond acceptors (Lipinski definition) is 8. The van der Waals surface area contributed by atoms with Crippen LogP contribution in [0.25, 0.3) is 0 Å². The normalized spacial score (nSPS) is 23.6. The van der Waals surface area contributed by atoms with E-state index in [4.69, 9.17) is 5.11 Å². The van der Waals surface area contributed by atoms with Gasteiger partial charge in [-0.2, -0.15) is 0 Å². The molecule has 2 unspecified atom stereocenters. The number of nitrogens with zero attached hydrogens (tertiary/aromatic N) is 4. The number of aliphatic hydroxyl groups excluding tert-OH is 3. The van der Waals surface area contributed by atoms with Crippen LogP contribution >= 0.6 is 0 Å². The van der Waals surface area contributed by atoms with E-state index in [1.165, 1.54) is 0 Å². The van der Waals surface area contributed by atoms with E-state index in [1.54, 1.807) is 0 Å². The molecule has 0 aromatic heterocycles. The Bertz CT molecular complexity index is 388. The first-order chi connectivity index (χ1) is 11.9. The maximum Gasteiger partial charge on any atom is 0.317 e. The van der Waals surface area contributed by atoms with Gasteiger partial charge in [-0.25, -0.2) is 0 Å². The standard InChI is InChI=1S/C16H34N4O5/c1-17-3-4-18(2)6-9-20(14(12-21)15(23)13-22)10-8-19(7-5-17)11-16(24)25/h14-15,21-23H,3-13H2,1-2H3,(H,24,25). The fraction of sp³-hybridized carbons (Fsp3) is 0.938. The van der Waals surface area contributed by atoms with Crippen LogP contribution in [0.4, 0.5) is 0 Å². The Kier molecular flexibility index (Phi) is 10.4. The number of carboxylic acids is 1. The van der Waals surface area contributed by atoms with Gasteiger partial charge in [0.05, 0.1) is 31.9 Å². The lowest BCUT2D eigenvalue weighted by molar-refractivity contribution is -0.138. The van der Waals surface area contributed by atoms with Crippen LogP contribution in [0, 0.1) is 0 Å². The molecule has 0 aromatic carbocycles. The third-order valence-corrected chi connectivity index (χ3v) is 4.78. The monoisotopic (exact) mass is 362 g/mol. The average Bonchev–Trinajstić information content (AvgIpc) is 2.57. The summed E-state index contributed by atoms with van der Waals surface area (Å²) in [6, 6.07) is -0.560. The zero-order valence-corrected chi connectivity index (χ0v) is 15.4. The molecule has 9 nitrogen and oxygen atoms in total. The minimum atomic E-state index is -1.03. The summed E-state index contributed by atoms with van der Waals surface area (Å²) in [6.07, 6.45) is -1.03. The highest BCUT2D eigenvalue weighted by Crippen LogP contribution is 2.07. The van der Waals surface area contributed by atoms with E-state index < -0.39 is 24.7 Å². The first kappa shape index (κ1) is 22.2. The molecule has 0 amide bonds. The molecular weight excluding hydrogens is 328 g/mol. The molecule has 25 heavy (non-hydrogen) atoms. The molecule has 9 heteroatoms. The molecule has 0 bridgehead atoms. The largest absolute Gasteiger partial charge is 0.480 e. The minimum Gasteiger partial charge on any atom is -0.480 e. The number of rotatable bonds is 6. The zero-order valence-electron chi connectivity index (χ0n) is 15.4. The quantitative estimate of drug-likeness (QED) is 0.400. The Morgan fingerprint density at radius 1 is 0.880 bits per heavy atom. The smallest absolute Gasteiger partial charge is 0.317 e. The molecule has 0 radical (unpaired) electrons. The van der Waals surface area contributed by atoms with Crippen LogP contribution in [-0.2, 0) is 4.79 Å². The van der Waals surface area contributed by atoms with E-state index in [0.29, 0.717) is 26.2 Å². The Balaban J connectivity index is 2.83. The average molecular weight is 362 g/mol. The fourth-order valence-corrected chi connectivity index (χ4v) is 2.95. The van der Waals surface area contributed by atoms with E-state index in [1.807, 2.05) is 23.9 Å². The van der Waals surface area contributed by atoms with Gasteiger partial charge < -0.3 is 30.2 Å². The van der Waals surface area contributed by atoms with Gasteiger partial charge in [-0.15, -0.1) is 0 Å². The van der Waals surface area contributed by atoms with Crippen LogP contribution < -0.4 is 0 Å². The first-order valence-electron chi connectivity index (χ1n) is 8.82. The van der Waals surface area contributed by atoms with Gasteiger partial charge in [-0.05, 0) is 14.1 Å². The molecule has 1 rings (SSSR count). The summed E-state index contributed by atoms with van der Waals surface area (Å²) in [4.78, 5) is 19.3. The summed E-state index contributed by atoms with van der Waals surface area (Å²) in [5.41, 5.74) is 0. The van der Waals surface area contributed by atoms with Gasteiger partial charge in [0.25, 0.3) is 0 Å². The highest BCUT2D eigenvalue weighted by atomic mass is 16.4. The predicted molar refractivity (Wildman–Crippen MR) is 94.6 cm³/mol. The molecule has 4 N–H and O–H groups in total. The van der Waals surface area contributed by atoms with Crippen molar-refractivity contribution in [3.8, 4) is 0 Å². The van der Waals surface area contributed by atoms with Crippen molar-refractivity contribution >= 4 is 5.97 Å². The molecule has 1 fully saturated rings. The Hall–Kier alpha value is -0.810. The van der Waals surface area contributed by atoms with Gasteiger partial charge in [-0.1, -0.05) is 0 Å². The molecular formula is C16H34N4O5.